The molecule has 0 bridgehead atoms. The average Bonchev–Trinajstić information content (AvgIpc) is 2.96. The van der Waals surface area contributed by atoms with Crippen LogP contribution in [0.1, 0.15) is 78.6 Å². The highest BCUT2D eigenvalue weighted by Gasteiger charge is 2.34. The summed E-state index contributed by atoms with van der Waals surface area (Å²) in [5.74, 6) is 0.872. The van der Waals surface area contributed by atoms with E-state index in [2.05, 4.69) is 49.4 Å². The van der Waals surface area contributed by atoms with Crippen molar-refractivity contribution in [2.45, 2.75) is 78.6 Å². The Hall–Kier alpha value is -3.58. The van der Waals surface area contributed by atoms with E-state index in [1.807, 2.05) is 31.2 Å². The summed E-state index contributed by atoms with van der Waals surface area (Å²) in [6.07, 6.45) is 9.81. The van der Waals surface area contributed by atoms with Gasteiger partial charge in [-0.15, -0.1) is 0 Å². The van der Waals surface area contributed by atoms with Gasteiger partial charge in [-0.25, -0.2) is 4.79 Å². The summed E-state index contributed by atoms with van der Waals surface area (Å²) in [4.78, 5) is 12.6. The molecule has 0 amide bonds. The van der Waals surface area contributed by atoms with Gasteiger partial charge in [-0.2, -0.15) is 5.26 Å². The number of carbonyl (C=O) groups excluding carboxylic acids is 1. The van der Waals surface area contributed by atoms with Gasteiger partial charge in [0.15, 0.2) is 5.41 Å². The van der Waals surface area contributed by atoms with Gasteiger partial charge in [-0.05, 0) is 66.3 Å². The summed E-state index contributed by atoms with van der Waals surface area (Å²) >= 11 is 0. The second-order valence-electron chi connectivity index (χ2n) is 10.2. The fourth-order valence-electron chi connectivity index (χ4n) is 4.34. The van der Waals surface area contributed by atoms with Gasteiger partial charge in [-0.3, -0.25) is 0 Å². The lowest BCUT2D eigenvalue weighted by molar-refractivity contribution is -0.142. The minimum absolute atomic E-state index is 0.451. The molecule has 200 valence electrons. The number of hydrogen-bond donors (Lipinski definition) is 0. The first-order valence-corrected chi connectivity index (χ1v) is 14.1. The predicted octanol–water partition coefficient (Wildman–Crippen LogP) is 9.39. The van der Waals surface area contributed by atoms with Crippen molar-refractivity contribution in [1.29, 1.82) is 5.26 Å². The topological polar surface area (TPSA) is 59.3 Å². The first kappa shape index (κ1) is 29.0. The van der Waals surface area contributed by atoms with Crippen molar-refractivity contribution in [3.05, 3.63) is 72.8 Å². The zero-order valence-electron chi connectivity index (χ0n) is 23.2. The molecule has 0 N–H and O–H groups in total. The van der Waals surface area contributed by atoms with Gasteiger partial charge < -0.3 is 9.47 Å². The van der Waals surface area contributed by atoms with E-state index in [1.54, 1.807) is 19.1 Å². The number of carbonyl (C=O) groups is 1. The summed E-state index contributed by atoms with van der Waals surface area (Å²) < 4.78 is 11.4. The summed E-state index contributed by atoms with van der Waals surface area (Å²) in [6, 6.07) is 26.3. The Balaban J connectivity index is 1.53. The molecule has 3 rings (SSSR count). The predicted molar refractivity (Wildman–Crippen MR) is 155 cm³/mol. The lowest BCUT2D eigenvalue weighted by Gasteiger charge is -2.19. The van der Waals surface area contributed by atoms with E-state index in [0.29, 0.717) is 12.2 Å². The molecule has 0 heterocycles. The van der Waals surface area contributed by atoms with E-state index in [9.17, 15) is 10.1 Å². The van der Waals surface area contributed by atoms with E-state index in [1.165, 1.54) is 32.1 Å². The minimum Gasteiger partial charge on any atom is -0.494 e. The number of ether oxygens (including phenoxy) is 2. The summed E-state index contributed by atoms with van der Waals surface area (Å²) in [5.41, 5.74) is 3.28. The Labute approximate surface area is 228 Å². The van der Waals surface area contributed by atoms with Gasteiger partial charge >= 0.3 is 5.97 Å². The molecule has 3 aromatic carbocycles. The van der Waals surface area contributed by atoms with Crippen LogP contribution < -0.4 is 9.47 Å². The van der Waals surface area contributed by atoms with Crippen LogP contribution in [0.2, 0.25) is 0 Å². The maximum absolute atomic E-state index is 12.6. The molecule has 38 heavy (non-hydrogen) atoms. The molecule has 0 spiro atoms. The van der Waals surface area contributed by atoms with Crippen LogP contribution in [0.25, 0.3) is 22.3 Å². The van der Waals surface area contributed by atoms with Crippen molar-refractivity contribution in [2.24, 2.45) is 5.41 Å². The third-order valence-electron chi connectivity index (χ3n) is 6.96. The van der Waals surface area contributed by atoms with Crippen LogP contribution in [-0.4, -0.2) is 12.6 Å². The van der Waals surface area contributed by atoms with Crippen molar-refractivity contribution in [2.75, 3.05) is 6.61 Å². The molecule has 0 aliphatic carbocycles. The van der Waals surface area contributed by atoms with Crippen LogP contribution in [0.5, 0.6) is 11.5 Å². The molecule has 0 aromatic heterocycles. The number of unbranched alkanes of at least 4 members (excludes halogenated alkanes) is 6. The number of esters is 1. The molecule has 3 aromatic rings. The summed E-state index contributed by atoms with van der Waals surface area (Å²) in [5, 5.41) is 9.49. The summed E-state index contributed by atoms with van der Waals surface area (Å²) in [7, 11) is 0. The fraction of sp³-hybridized carbons (Fsp3) is 0.412. The Morgan fingerprint density at radius 2 is 1.13 bits per heavy atom. The second-order valence-corrected chi connectivity index (χ2v) is 10.2. The molecule has 0 aliphatic rings. The Kier molecular flexibility index (Phi) is 11.4. The number of nitrogens with zero attached hydrogens (tertiary/aromatic N) is 1. The van der Waals surface area contributed by atoms with E-state index in [-0.39, 0.29) is 0 Å². The molecule has 0 radical (unpaired) electrons. The molecular weight excluding hydrogens is 470 g/mol. The highest BCUT2D eigenvalue weighted by molar-refractivity contribution is 5.82. The van der Waals surface area contributed by atoms with Gasteiger partial charge in [0.1, 0.15) is 11.5 Å². The summed E-state index contributed by atoms with van der Waals surface area (Å²) in [6.45, 7) is 6.70. The first-order valence-electron chi connectivity index (χ1n) is 14.1. The lowest BCUT2D eigenvalue weighted by Crippen LogP contribution is -2.30. The molecule has 0 saturated carbocycles. The van der Waals surface area contributed by atoms with Gasteiger partial charge in [-0.1, -0.05) is 107 Å². The van der Waals surface area contributed by atoms with Crippen molar-refractivity contribution in [1.82, 2.24) is 0 Å². The van der Waals surface area contributed by atoms with E-state index in [0.717, 1.165) is 53.9 Å². The third-order valence-corrected chi connectivity index (χ3v) is 6.96. The molecule has 1 atom stereocenters. The Morgan fingerprint density at radius 3 is 1.63 bits per heavy atom. The van der Waals surface area contributed by atoms with Gasteiger partial charge in [0, 0.05) is 0 Å². The molecule has 0 saturated heterocycles. The maximum Gasteiger partial charge on any atom is 0.331 e. The molecule has 0 aliphatic heterocycles. The highest BCUT2D eigenvalue weighted by atomic mass is 16.5. The first-order chi connectivity index (χ1) is 18.5. The Morgan fingerprint density at radius 1 is 0.684 bits per heavy atom. The maximum atomic E-state index is 12.6. The van der Waals surface area contributed by atoms with Crippen LogP contribution in [0.3, 0.4) is 0 Å². The van der Waals surface area contributed by atoms with Crippen LogP contribution in [0, 0.1) is 16.7 Å². The van der Waals surface area contributed by atoms with Crippen LogP contribution in [0.15, 0.2) is 72.8 Å². The monoisotopic (exact) mass is 511 g/mol. The minimum atomic E-state index is -1.12. The van der Waals surface area contributed by atoms with E-state index < -0.39 is 11.4 Å². The number of benzene rings is 3. The normalized spacial score (nSPS) is 12.4. The standard InChI is InChI=1S/C34H41NO3/c1-4-6-8-9-10-11-25-37-31-20-16-29(17-21-31)27-12-14-28(15-13-27)30-18-22-32(23-19-30)38-33(36)34(3,26-35)24-7-5-2/h12-23H,4-11,24-25H2,1-3H3. The quantitative estimate of drug-likeness (QED) is 0.116. The van der Waals surface area contributed by atoms with Crippen molar-refractivity contribution in [3.63, 3.8) is 0 Å². The van der Waals surface area contributed by atoms with Crippen LogP contribution in [0.4, 0.5) is 0 Å². The van der Waals surface area contributed by atoms with Gasteiger partial charge in [0.05, 0.1) is 12.7 Å². The Bertz CT molecular complexity index is 1160. The molecule has 4 nitrogen and oxygen atoms in total. The average molecular weight is 512 g/mol. The van der Waals surface area contributed by atoms with Gasteiger partial charge in [0.25, 0.3) is 0 Å². The highest BCUT2D eigenvalue weighted by Crippen LogP contribution is 2.29. The van der Waals surface area contributed by atoms with Crippen molar-refractivity contribution in [3.8, 4) is 39.8 Å². The number of hydrogen-bond acceptors (Lipinski definition) is 4. The van der Waals surface area contributed by atoms with Crippen LogP contribution >= 0.6 is 0 Å². The lowest BCUT2D eigenvalue weighted by atomic mass is 9.87. The number of rotatable bonds is 15. The molecule has 0 fully saturated rings. The van der Waals surface area contributed by atoms with Crippen molar-refractivity contribution >= 4 is 5.97 Å². The zero-order chi connectivity index (χ0) is 27.2. The van der Waals surface area contributed by atoms with Crippen LogP contribution in [-0.2, 0) is 4.79 Å². The largest absolute Gasteiger partial charge is 0.494 e. The second kappa shape index (κ2) is 15.0. The van der Waals surface area contributed by atoms with E-state index >= 15 is 0 Å². The number of nitriles is 1. The molecule has 4 heteroatoms. The van der Waals surface area contributed by atoms with Crippen molar-refractivity contribution < 1.29 is 14.3 Å². The fourth-order valence-corrected chi connectivity index (χ4v) is 4.34. The zero-order valence-corrected chi connectivity index (χ0v) is 23.2. The molecule has 1 unspecified atom stereocenters. The van der Waals surface area contributed by atoms with E-state index in [4.69, 9.17) is 9.47 Å². The SMILES string of the molecule is CCCCCCCCOc1ccc(-c2ccc(-c3ccc(OC(=O)C(C)(C#N)CCCC)cc3)cc2)cc1. The molecular formula is C34H41NO3. The van der Waals surface area contributed by atoms with Gasteiger partial charge in [0.2, 0.25) is 0 Å². The third kappa shape index (κ3) is 8.48. The smallest absolute Gasteiger partial charge is 0.331 e.